The number of thiocarbonyl (C=S) groups is 1. The summed E-state index contributed by atoms with van der Waals surface area (Å²) in [6, 6.07) is 0. The molecule has 2 rings (SSSR count). The van der Waals surface area contributed by atoms with Crippen molar-refractivity contribution in [2.45, 2.75) is 26.7 Å². The maximum Gasteiger partial charge on any atom is 0.0518 e. The zero-order chi connectivity index (χ0) is 9.42. The van der Waals surface area contributed by atoms with E-state index in [2.05, 4.69) is 19.9 Å². The van der Waals surface area contributed by atoms with Gasteiger partial charge in [-0.25, -0.2) is 0 Å². The minimum Gasteiger partial charge on any atom is -0.119 e. The molecule has 2 aliphatic carbocycles. The molecule has 0 aliphatic heterocycles. The Morgan fingerprint density at radius 3 is 3.08 bits per heavy atom. The van der Waals surface area contributed by atoms with E-state index >= 15 is 0 Å². The van der Waals surface area contributed by atoms with Crippen molar-refractivity contribution in [2.75, 3.05) is 5.75 Å². The highest BCUT2D eigenvalue weighted by molar-refractivity contribution is 8.23. The predicted molar refractivity (Wildman–Crippen MR) is 64.2 cm³/mol. The molecule has 0 spiro atoms. The topological polar surface area (TPSA) is 0 Å². The fourth-order valence-corrected chi connectivity index (χ4v) is 4.11. The van der Waals surface area contributed by atoms with Crippen LogP contribution < -0.4 is 0 Å². The van der Waals surface area contributed by atoms with Gasteiger partial charge in [-0.15, -0.1) is 11.8 Å². The first-order valence-corrected chi connectivity index (χ1v) is 6.50. The third-order valence-electron chi connectivity index (χ3n) is 3.29. The molecule has 0 saturated heterocycles. The maximum atomic E-state index is 5.43. The van der Waals surface area contributed by atoms with Gasteiger partial charge < -0.3 is 0 Å². The first kappa shape index (κ1) is 9.72. The molecule has 2 heteroatoms. The van der Waals surface area contributed by atoms with E-state index in [1.165, 1.54) is 17.0 Å². The van der Waals surface area contributed by atoms with Crippen molar-refractivity contribution in [1.29, 1.82) is 0 Å². The highest BCUT2D eigenvalue weighted by Crippen LogP contribution is 2.61. The molecule has 0 aromatic rings. The Bertz CT molecular complexity index is 255. The molecule has 0 nitrogen and oxygen atoms in total. The van der Waals surface area contributed by atoms with E-state index in [-0.39, 0.29) is 0 Å². The van der Waals surface area contributed by atoms with Gasteiger partial charge in [-0.2, -0.15) is 0 Å². The van der Waals surface area contributed by atoms with Crippen LogP contribution in [0.3, 0.4) is 0 Å². The zero-order valence-electron chi connectivity index (χ0n) is 8.25. The highest BCUT2D eigenvalue weighted by atomic mass is 32.2. The quantitative estimate of drug-likeness (QED) is 0.506. The molecule has 72 valence electrons. The monoisotopic (exact) mass is 212 g/mol. The Hall–Kier alpha value is 0.180. The second-order valence-electron chi connectivity index (χ2n) is 3.87. The molecule has 0 amide bonds. The summed E-state index contributed by atoms with van der Waals surface area (Å²) in [5.74, 6) is 3.69. The predicted octanol–water partition coefficient (Wildman–Crippen LogP) is 3.67. The minimum absolute atomic E-state index is 0.764. The van der Waals surface area contributed by atoms with E-state index in [1.807, 2.05) is 11.8 Å². The molecule has 2 fully saturated rings. The van der Waals surface area contributed by atoms with Gasteiger partial charge in [-0.3, -0.25) is 0 Å². The fourth-order valence-electron chi connectivity index (χ4n) is 2.64. The summed E-state index contributed by atoms with van der Waals surface area (Å²) in [6.45, 7) is 4.36. The average molecular weight is 212 g/mol. The van der Waals surface area contributed by atoms with Crippen molar-refractivity contribution in [2.24, 2.45) is 17.8 Å². The summed E-state index contributed by atoms with van der Waals surface area (Å²) in [5.41, 5.74) is 1.68. The van der Waals surface area contributed by atoms with Gasteiger partial charge in [0, 0.05) is 5.92 Å². The summed E-state index contributed by atoms with van der Waals surface area (Å²) >= 11 is 7.31. The van der Waals surface area contributed by atoms with Gasteiger partial charge >= 0.3 is 0 Å². The third-order valence-corrected chi connectivity index (χ3v) is 4.76. The Balaban J connectivity index is 1.98. The standard InChI is InChI=1S/C11H16S2/c1-3-7-5-6-8-9(7)10(8)11(12)13-4-2/h3,8-10H,4-6H2,1-2H3. The fraction of sp³-hybridized carbons (Fsp3) is 0.727. The second-order valence-corrected chi connectivity index (χ2v) is 5.87. The molecule has 13 heavy (non-hydrogen) atoms. The first-order valence-electron chi connectivity index (χ1n) is 5.11. The van der Waals surface area contributed by atoms with Gasteiger partial charge in [0.15, 0.2) is 0 Å². The number of allylic oxidation sites excluding steroid dienone is 2. The SMILES string of the molecule is CC=C1CCC2C(C(=S)SCC)C12. The number of thioether (sulfide) groups is 1. The first-order chi connectivity index (χ1) is 6.29. The molecule has 0 aromatic carbocycles. The Kier molecular flexibility index (Phi) is 2.80. The van der Waals surface area contributed by atoms with Gasteiger partial charge in [-0.05, 0) is 37.4 Å². The molecule has 0 heterocycles. The molecule has 0 N–H and O–H groups in total. The molecular weight excluding hydrogens is 196 g/mol. The van der Waals surface area contributed by atoms with Gasteiger partial charge in [0.1, 0.15) is 0 Å². The van der Waals surface area contributed by atoms with Crippen LogP contribution in [0.4, 0.5) is 0 Å². The van der Waals surface area contributed by atoms with Crippen LogP contribution in [0.25, 0.3) is 0 Å². The maximum absolute atomic E-state index is 5.43. The van der Waals surface area contributed by atoms with Crippen LogP contribution in [-0.2, 0) is 0 Å². The van der Waals surface area contributed by atoms with Gasteiger partial charge in [0.05, 0.1) is 4.20 Å². The van der Waals surface area contributed by atoms with Crippen molar-refractivity contribution >= 4 is 28.2 Å². The van der Waals surface area contributed by atoms with Crippen LogP contribution in [0, 0.1) is 17.8 Å². The molecule has 0 bridgehead atoms. The summed E-state index contributed by atoms with van der Waals surface area (Å²) in [5, 5.41) is 0. The molecule has 3 unspecified atom stereocenters. The molecule has 0 aromatic heterocycles. The zero-order valence-corrected chi connectivity index (χ0v) is 9.88. The van der Waals surface area contributed by atoms with Crippen LogP contribution in [0.5, 0.6) is 0 Å². The van der Waals surface area contributed by atoms with E-state index < -0.39 is 0 Å². The van der Waals surface area contributed by atoms with E-state index in [1.54, 1.807) is 5.57 Å². The number of hydrogen-bond acceptors (Lipinski definition) is 2. The van der Waals surface area contributed by atoms with Crippen molar-refractivity contribution in [3.63, 3.8) is 0 Å². The number of hydrogen-bond donors (Lipinski definition) is 0. The lowest BCUT2D eigenvalue weighted by molar-refractivity contribution is 0.751. The largest absolute Gasteiger partial charge is 0.119 e. The summed E-state index contributed by atoms with van der Waals surface area (Å²) in [6.07, 6.45) is 5.03. The van der Waals surface area contributed by atoms with Crippen LogP contribution >= 0.6 is 24.0 Å². The normalized spacial score (nSPS) is 39.2. The van der Waals surface area contributed by atoms with Crippen LogP contribution in [0.15, 0.2) is 11.6 Å². The van der Waals surface area contributed by atoms with Crippen LogP contribution in [0.2, 0.25) is 0 Å². The average Bonchev–Trinajstić information content (AvgIpc) is 2.69. The third kappa shape index (κ3) is 1.59. The van der Waals surface area contributed by atoms with E-state index in [0.717, 1.165) is 23.5 Å². The Morgan fingerprint density at radius 1 is 1.69 bits per heavy atom. The lowest BCUT2D eigenvalue weighted by atomic mass is 10.1. The van der Waals surface area contributed by atoms with E-state index in [0.29, 0.717) is 0 Å². The van der Waals surface area contributed by atoms with E-state index in [9.17, 15) is 0 Å². The second kappa shape index (κ2) is 3.74. The van der Waals surface area contributed by atoms with Gasteiger partial charge in [-0.1, -0.05) is 30.8 Å². The number of rotatable bonds is 2. The lowest BCUT2D eigenvalue weighted by Gasteiger charge is -2.05. The minimum atomic E-state index is 0.764. The van der Waals surface area contributed by atoms with Crippen molar-refractivity contribution in [3.05, 3.63) is 11.6 Å². The number of fused-ring (bicyclic) bond motifs is 1. The highest BCUT2D eigenvalue weighted by Gasteiger charge is 2.56. The van der Waals surface area contributed by atoms with Crippen molar-refractivity contribution in [1.82, 2.24) is 0 Å². The Morgan fingerprint density at radius 2 is 2.46 bits per heavy atom. The summed E-state index contributed by atoms with van der Waals surface area (Å²) < 4.78 is 1.27. The van der Waals surface area contributed by atoms with Gasteiger partial charge in [0.25, 0.3) is 0 Å². The molecule has 2 aliphatic rings. The van der Waals surface area contributed by atoms with Crippen molar-refractivity contribution < 1.29 is 0 Å². The molecule has 3 atom stereocenters. The van der Waals surface area contributed by atoms with Crippen LogP contribution in [0.1, 0.15) is 26.7 Å². The molecule has 2 saturated carbocycles. The van der Waals surface area contributed by atoms with Crippen LogP contribution in [-0.4, -0.2) is 9.95 Å². The summed E-state index contributed by atoms with van der Waals surface area (Å²) in [7, 11) is 0. The smallest absolute Gasteiger partial charge is 0.0518 e. The van der Waals surface area contributed by atoms with Gasteiger partial charge in [0.2, 0.25) is 0 Å². The Labute approximate surface area is 90.2 Å². The van der Waals surface area contributed by atoms with Crippen molar-refractivity contribution in [3.8, 4) is 0 Å². The lowest BCUT2D eigenvalue weighted by Crippen LogP contribution is -1.99. The molecular formula is C11H16S2. The summed E-state index contributed by atoms with van der Waals surface area (Å²) in [4.78, 5) is 0. The molecule has 0 radical (unpaired) electrons. The van der Waals surface area contributed by atoms with E-state index in [4.69, 9.17) is 12.2 Å².